The van der Waals surface area contributed by atoms with Gasteiger partial charge in [0.1, 0.15) is 5.75 Å². The highest BCUT2D eigenvalue weighted by atomic mass is 16.5. The van der Waals surface area contributed by atoms with Crippen LogP contribution in [0, 0.1) is 0 Å². The molecule has 2 heterocycles. The highest BCUT2D eigenvalue weighted by molar-refractivity contribution is 5.19. The lowest BCUT2D eigenvalue weighted by Gasteiger charge is -2.38. The van der Waals surface area contributed by atoms with Crippen LogP contribution in [0.1, 0.15) is 25.5 Å². The van der Waals surface area contributed by atoms with Crippen molar-refractivity contribution in [2.24, 2.45) is 0 Å². The lowest BCUT2D eigenvalue weighted by molar-refractivity contribution is -0.0442. The van der Waals surface area contributed by atoms with Crippen LogP contribution >= 0.6 is 0 Å². The first-order valence-corrected chi connectivity index (χ1v) is 6.42. The average Bonchev–Trinajstić information content (AvgIpc) is 2.42. The highest BCUT2D eigenvalue weighted by Gasteiger charge is 2.29. The molecule has 1 aromatic heterocycles. The molecule has 4 nitrogen and oxygen atoms in total. The summed E-state index contributed by atoms with van der Waals surface area (Å²) in [6, 6.07) is 3.99. The van der Waals surface area contributed by atoms with E-state index in [1.165, 1.54) is 0 Å². The number of hydrogen-bond acceptors (Lipinski definition) is 4. The predicted molar refractivity (Wildman–Crippen MR) is 70.7 cm³/mol. The number of hydrogen-bond donors (Lipinski definition) is 0. The first-order valence-electron chi connectivity index (χ1n) is 6.42. The van der Waals surface area contributed by atoms with Crippen molar-refractivity contribution >= 4 is 0 Å². The number of pyridine rings is 1. The molecule has 100 valence electrons. The third-order valence-corrected chi connectivity index (χ3v) is 3.83. The van der Waals surface area contributed by atoms with E-state index in [1.807, 2.05) is 12.1 Å². The van der Waals surface area contributed by atoms with Crippen molar-refractivity contribution in [1.29, 1.82) is 0 Å². The number of nitrogens with zero attached hydrogens (tertiary/aromatic N) is 2. The van der Waals surface area contributed by atoms with Gasteiger partial charge >= 0.3 is 0 Å². The summed E-state index contributed by atoms with van der Waals surface area (Å²) in [5.74, 6) is 0.810. The molecule has 0 saturated carbocycles. The van der Waals surface area contributed by atoms with Crippen LogP contribution in [0.15, 0.2) is 18.3 Å². The molecule has 0 aliphatic carbocycles. The van der Waals surface area contributed by atoms with Crippen LogP contribution in [0.4, 0.5) is 0 Å². The van der Waals surface area contributed by atoms with Gasteiger partial charge in [-0.15, -0.1) is 0 Å². The quantitative estimate of drug-likeness (QED) is 0.819. The van der Waals surface area contributed by atoms with Crippen molar-refractivity contribution < 1.29 is 9.47 Å². The van der Waals surface area contributed by atoms with E-state index in [-0.39, 0.29) is 5.60 Å². The number of likely N-dealkylation sites (tertiary alicyclic amines) is 1. The number of rotatable bonds is 4. The summed E-state index contributed by atoms with van der Waals surface area (Å²) in [6.07, 6.45) is 3.94. The normalized spacial score (nSPS) is 19.7. The van der Waals surface area contributed by atoms with E-state index in [4.69, 9.17) is 9.47 Å². The average molecular weight is 250 g/mol. The molecular formula is C14H22N2O2. The van der Waals surface area contributed by atoms with Crippen LogP contribution in [0.2, 0.25) is 0 Å². The molecule has 0 N–H and O–H groups in total. The van der Waals surface area contributed by atoms with E-state index in [2.05, 4.69) is 16.8 Å². The Morgan fingerprint density at radius 3 is 2.50 bits per heavy atom. The fourth-order valence-corrected chi connectivity index (χ4v) is 2.24. The molecule has 1 aromatic rings. The van der Waals surface area contributed by atoms with Gasteiger partial charge in [-0.3, -0.25) is 9.88 Å². The Hall–Kier alpha value is -1.13. The first-order chi connectivity index (χ1) is 8.65. The van der Waals surface area contributed by atoms with Crippen LogP contribution in [0.5, 0.6) is 5.75 Å². The molecule has 1 saturated heterocycles. The molecule has 0 amide bonds. The summed E-state index contributed by atoms with van der Waals surface area (Å²) in [6.45, 7) is 5.23. The Morgan fingerprint density at radius 1 is 1.28 bits per heavy atom. The number of piperidine rings is 1. The van der Waals surface area contributed by atoms with E-state index in [0.717, 1.165) is 43.9 Å². The Morgan fingerprint density at radius 2 is 2.00 bits per heavy atom. The van der Waals surface area contributed by atoms with Crippen molar-refractivity contribution in [2.45, 2.75) is 31.9 Å². The highest BCUT2D eigenvalue weighted by Crippen LogP contribution is 2.25. The zero-order valence-electron chi connectivity index (χ0n) is 11.5. The predicted octanol–water partition coefficient (Wildman–Crippen LogP) is 2.09. The Balaban J connectivity index is 1.87. The summed E-state index contributed by atoms with van der Waals surface area (Å²) >= 11 is 0. The number of ether oxygens (including phenoxy) is 2. The van der Waals surface area contributed by atoms with Gasteiger partial charge in [0.15, 0.2) is 0 Å². The number of methoxy groups -OCH3 is 2. The smallest absolute Gasteiger partial charge is 0.137 e. The van der Waals surface area contributed by atoms with Crippen LogP contribution in [0.3, 0.4) is 0 Å². The third-order valence-electron chi connectivity index (χ3n) is 3.83. The van der Waals surface area contributed by atoms with Gasteiger partial charge in [0.05, 0.1) is 24.6 Å². The standard InChI is InChI=1S/C14H22N2O2/c1-14(18-3)6-8-16(9-7-14)11-12-4-5-13(17-2)10-15-12/h4-5,10H,6-9,11H2,1-3H3. The van der Waals surface area contributed by atoms with E-state index in [0.29, 0.717) is 0 Å². The third kappa shape index (κ3) is 3.21. The molecule has 0 spiro atoms. The summed E-state index contributed by atoms with van der Waals surface area (Å²) in [4.78, 5) is 6.83. The molecule has 0 atom stereocenters. The molecule has 0 aromatic carbocycles. The van der Waals surface area contributed by atoms with Crippen molar-refractivity contribution in [3.05, 3.63) is 24.0 Å². The molecule has 1 fully saturated rings. The molecule has 18 heavy (non-hydrogen) atoms. The fourth-order valence-electron chi connectivity index (χ4n) is 2.24. The minimum atomic E-state index is 0.0594. The van der Waals surface area contributed by atoms with Gasteiger partial charge in [0, 0.05) is 26.7 Å². The van der Waals surface area contributed by atoms with Gasteiger partial charge in [-0.25, -0.2) is 0 Å². The van der Waals surface area contributed by atoms with Gasteiger partial charge in [-0.05, 0) is 31.9 Å². The summed E-state index contributed by atoms with van der Waals surface area (Å²) in [5, 5.41) is 0. The van der Waals surface area contributed by atoms with Crippen molar-refractivity contribution in [3.63, 3.8) is 0 Å². The number of aromatic nitrogens is 1. The minimum Gasteiger partial charge on any atom is -0.495 e. The molecule has 0 bridgehead atoms. The Labute approximate surface area is 109 Å². The van der Waals surface area contributed by atoms with Gasteiger partial charge in [-0.2, -0.15) is 0 Å². The summed E-state index contributed by atoms with van der Waals surface area (Å²) in [5.41, 5.74) is 1.15. The zero-order valence-corrected chi connectivity index (χ0v) is 11.5. The molecule has 2 rings (SSSR count). The summed E-state index contributed by atoms with van der Waals surface area (Å²) in [7, 11) is 3.47. The van der Waals surface area contributed by atoms with E-state index < -0.39 is 0 Å². The lowest BCUT2D eigenvalue weighted by Crippen LogP contribution is -2.43. The fraction of sp³-hybridized carbons (Fsp3) is 0.643. The Kier molecular flexibility index (Phi) is 4.19. The maximum Gasteiger partial charge on any atom is 0.137 e. The van der Waals surface area contributed by atoms with Gasteiger partial charge in [0.2, 0.25) is 0 Å². The maximum absolute atomic E-state index is 5.55. The van der Waals surface area contributed by atoms with Crippen molar-refractivity contribution in [2.75, 3.05) is 27.3 Å². The lowest BCUT2D eigenvalue weighted by atomic mass is 9.93. The second-order valence-electron chi connectivity index (χ2n) is 5.12. The maximum atomic E-state index is 5.55. The topological polar surface area (TPSA) is 34.6 Å². The first kappa shape index (κ1) is 13.3. The molecule has 1 aliphatic heterocycles. The Bertz CT molecular complexity index is 370. The van der Waals surface area contributed by atoms with Crippen LogP contribution in [-0.2, 0) is 11.3 Å². The van der Waals surface area contributed by atoms with Crippen LogP contribution in [0.25, 0.3) is 0 Å². The van der Waals surface area contributed by atoms with E-state index >= 15 is 0 Å². The SMILES string of the molecule is COc1ccc(CN2CCC(C)(OC)CC2)nc1. The monoisotopic (exact) mass is 250 g/mol. The molecule has 0 unspecified atom stereocenters. The van der Waals surface area contributed by atoms with Gasteiger partial charge < -0.3 is 9.47 Å². The van der Waals surface area contributed by atoms with Crippen LogP contribution < -0.4 is 4.74 Å². The minimum absolute atomic E-state index is 0.0594. The second-order valence-corrected chi connectivity index (χ2v) is 5.12. The molecule has 0 radical (unpaired) electrons. The molecule has 1 aliphatic rings. The van der Waals surface area contributed by atoms with E-state index in [1.54, 1.807) is 20.4 Å². The van der Waals surface area contributed by atoms with E-state index in [9.17, 15) is 0 Å². The van der Waals surface area contributed by atoms with Crippen molar-refractivity contribution in [3.8, 4) is 5.75 Å². The zero-order chi connectivity index (χ0) is 13.0. The van der Waals surface area contributed by atoms with Crippen molar-refractivity contribution in [1.82, 2.24) is 9.88 Å². The molecule has 4 heteroatoms. The summed E-state index contributed by atoms with van der Waals surface area (Å²) < 4.78 is 10.7. The van der Waals surface area contributed by atoms with Crippen LogP contribution in [-0.4, -0.2) is 42.8 Å². The van der Waals surface area contributed by atoms with Gasteiger partial charge in [0.25, 0.3) is 0 Å². The van der Waals surface area contributed by atoms with Gasteiger partial charge in [-0.1, -0.05) is 0 Å². The molecular weight excluding hydrogens is 228 g/mol. The largest absolute Gasteiger partial charge is 0.495 e. The second kappa shape index (κ2) is 5.67.